The van der Waals surface area contributed by atoms with Crippen molar-refractivity contribution in [1.29, 1.82) is 0 Å². The van der Waals surface area contributed by atoms with Gasteiger partial charge in [-0.25, -0.2) is 9.59 Å². The topological polar surface area (TPSA) is 95.9 Å². The average Bonchev–Trinajstić information content (AvgIpc) is 2.25. The molecule has 1 aliphatic heterocycles. The van der Waals surface area contributed by atoms with Crippen LogP contribution < -0.4 is 5.32 Å². The van der Waals surface area contributed by atoms with Gasteiger partial charge in [-0.2, -0.15) is 0 Å². The fourth-order valence-electron chi connectivity index (χ4n) is 1.37. The third kappa shape index (κ3) is 3.61. The number of hydrogen-bond donors (Lipinski definition) is 2. The fraction of sp³-hybridized carbons (Fsp3) is 0.700. The lowest BCUT2D eigenvalue weighted by Gasteiger charge is -2.31. The molecule has 0 saturated carbocycles. The number of carboxylic acids is 1. The molecule has 0 aromatic carbocycles. The second-order valence-corrected chi connectivity index (χ2v) is 4.26. The molecule has 2 amide bonds. The Morgan fingerprint density at radius 3 is 2.76 bits per heavy atom. The summed E-state index contributed by atoms with van der Waals surface area (Å²) in [6.07, 6.45) is -0.763. The van der Waals surface area contributed by atoms with Crippen molar-refractivity contribution < 1.29 is 24.2 Å². The Balaban J connectivity index is 2.65. The van der Waals surface area contributed by atoms with Gasteiger partial charge in [0.1, 0.15) is 6.54 Å². The van der Waals surface area contributed by atoms with Crippen molar-refractivity contribution in [3.05, 3.63) is 0 Å². The van der Waals surface area contributed by atoms with Gasteiger partial charge in [0.15, 0.2) is 6.04 Å². The van der Waals surface area contributed by atoms with Crippen LogP contribution in [0.3, 0.4) is 0 Å². The summed E-state index contributed by atoms with van der Waals surface area (Å²) < 4.78 is 4.92. The Hall–Kier alpha value is -1.79. The second kappa shape index (κ2) is 5.51. The molecule has 96 valence electrons. The first-order valence-corrected chi connectivity index (χ1v) is 5.34. The highest BCUT2D eigenvalue weighted by Gasteiger charge is 2.36. The van der Waals surface area contributed by atoms with Gasteiger partial charge in [0.2, 0.25) is 5.91 Å². The molecule has 7 nitrogen and oxygen atoms in total. The van der Waals surface area contributed by atoms with Crippen molar-refractivity contribution in [1.82, 2.24) is 10.2 Å². The Morgan fingerprint density at radius 1 is 1.59 bits per heavy atom. The summed E-state index contributed by atoms with van der Waals surface area (Å²) in [7, 11) is 0. The molecule has 1 saturated heterocycles. The predicted octanol–water partition coefficient (Wildman–Crippen LogP) is -0.336. The summed E-state index contributed by atoms with van der Waals surface area (Å²) >= 11 is 0. The quantitative estimate of drug-likeness (QED) is 0.708. The largest absolute Gasteiger partial charge is 0.480 e. The molecule has 0 radical (unpaired) electrons. The molecule has 0 bridgehead atoms. The maximum atomic E-state index is 11.6. The molecule has 2 N–H and O–H groups in total. The van der Waals surface area contributed by atoms with Gasteiger partial charge >= 0.3 is 12.1 Å². The number of amides is 2. The van der Waals surface area contributed by atoms with Crippen LogP contribution in [0, 0.1) is 5.92 Å². The van der Waals surface area contributed by atoms with Gasteiger partial charge in [-0.1, -0.05) is 13.8 Å². The lowest BCUT2D eigenvalue weighted by Crippen LogP contribution is -2.59. The Labute approximate surface area is 98.7 Å². The first-order valence-electron chi connectivity index (χ1n) is 5.34. The van der Waals surface area contributed by atoms with Gasteiger partial charge in [0, 0.05) is 6.54 Å². The van der Waals surface area contributed by atoms with E-state index in [9.17, 15) is 14.4 Å². The second-order valence-electron chi connectivity index (χ2n) is 4.26. The number of nitrogens with zero attached hydrogens (tertiary/aromatic N) is 1. The lowest BCUT2D eigenvalue weighted by molar-refractivity contribution is -0.145. The molecule has 1 heterocycles. The predicted molar refractivity (Wildman–Crippen MR) is 57.3 cm³/mol. The van der Waals surface area contributed by atoms with E-state index in [0.717, 1.165) is 4.90 Å². The maximum absolute atomic E-state index is 11.6. The average molecular weight is 244 g/mol. The van der Waals surface area contributed by atoms with Crippen molar-refractivity contribution >= 4 is 18.0 Å². The normalized spacial score (nSPS) is 20.1. The zero-order valence-electron chi connectivity index (χ0n) is 9.80. The van der Waals surface area contributed by atoms with Gasteiger partial charge in [-0.15, -0.1) is 0 Å². The summed E-state index contributed by atoms with van der Waals surface area (Å²) in [5.74, 6) is -1.39. The molecule has 1 rings (SSSR count). The summed E-state index contributed by atoms with van der Waals surface area (Å²) in [6.45, 7) is 3.55. The number of piperazine rings is 1. The summed E-state index contributed by atoms with van der Waals surface area (Å²) in [5.41, 5.74) is 0. The van der Waals surface area contributed by atoms with Gasteiger partial charge in [-0.05, 0) is 5.92 Å². The molecular weight excluding hydrogens is 228 g/mol. The Kier molecular flexibility index (Phi) is 4.30. The maximum Gasteiger partial charge on any atom is 0.411 e. The van der Waals surface area contributed by atoms with Crippen LogP contribution in [0.2, 0.25) is 0 Å². The van der Waals surface area contributed by atoms with Crippen LogP contribution in [0.15, 0.2) is 0 Å². The van der Waals surface area contributed by atoms with Crippen molar-refractivity contribution in [3.8, 4) is 0 Å². The van der Waals surface area contributed by atoms with Gasteiger partial charge < -0.3 is 15.2 Å². The van der Waals surface area contributed by atoms with Crippen molar-refractivity contribution in [2.75, 3.05) is 19.7 Å². The zero-order chi connectivity index (χ0) is 13.0. The minimum absolute atomic E-state index is 0.0923. The van der Waals surface area contributed by atoms with Crippen LogP contribution in [0.5, 0.6) is 0 Å². The number of nitrogens with one attached hydrogen (secondary N) is 1. The molecule has 0 aromatic heterocycles. The molecule has 17 heavy (non-hydrogen) atoms. The molecule has 0 spiro atoms. The first-order chi connectivity index (χ1) is 7.91. The SMILES string of the molecule is CC(C)COC(=O)N1CC(=O)NCC1C(=O)O. The minimum Gasteiger partial charge on any atom is -0.480 e. The number of carbonyl (C=O) groups is 3. The summed E-state index contributed by atoms with van der Waals surface area (Å²) in [4.78, 5) is 34.6. The van der Waals surface area contributed by atoms with Crippen molar-refractivity contribution in [3.63, 3.8) is 0 Å². The highest BCUT2D eigenvalue weighted by Crippen LogP contribution is 2.07. The van der Waals surface area contributed by atoms with E-state index in [0.29, 0.717) is 0 Å². The van der Waals surface area contributed by atoms with Crippen molar-refractivity contribution in [2.45, 2.75) is 19.9 Å². The van der Waals surface area contributed by atoms with E-state index in [4.69, 9.17) is 9.84 Å². The van der Waals surface area contributed by atoms with E-state index in [2.05, 4.69) is 5.32 Å². The van der Waals surface area contributed by atoms with Crippen LogP contribution >= 0.6 is 0 Å². The molecule has 7 heteroatoms. The van der Waals surface area contributed by atoms with Crippen LogP contribution in [0.25, 0.3) is 0 Å². The van der Waals surface area contributed by atoms with Gasteiger partial charge in [0.25, 0.3) is 0 Å². The number of rotatable bonds is 3. The van der Waals surface area contributed by atoms with E-state index in [-0.39, 0.29) is 31.5 Å². The molecule has 1 fully saturated rings. The van der Waals surface area contributed by atoms with Crippen molar-refractivity contribution in [2.24, 2.45) is 5.92 Å². The van der Waals surface area contributed by atoms with Crippen LogP contribution in [0.4, 0.5) is 4.79 Å². The molecule has 1 atom stereocenters. The lowest BCUT2D eigenvalue weighted by atomic mass is 10.2. The molecule has 1 aliphatic rings. The van der Waals surface area contributed by atoms with E-state index in [1.807, 2.05) is 13.8 Å². The molecule has 1 unspecified atom stereocenters. The summed E-state index contributed by atoms with van der Waals surface area (Å²) in [6, 6.07) is -1.06. The third-order valence-corrected chi connectivity index (χ3v) is 2.24. The van der Waals surface area contributed by atoms with E-state index in [1.54, 1.807) is 0 Å². The fourth-order valence-corrected chi connectivity index (χ4v) is 1.37. The standard InChI is InChI=1S/C10H16N2O5/c1-6(2)5-17-10(16)12-4-8(13)11-3-7(12)9(14)15/h6-7H,3-5H2,1-2H3,(H,11,13)(H,14,15). The number of aliphatic carboxylic acids is 1. The first kappa shape index (κ1) is 13.3. The Bertz CT molecular complexity index is 329. The number of hydrogen-bond acceptors (Lipinski definition) is 4. The van der Waals surface area contributed by atoms with Crippen LogP contribution in [0.1, 0.15) is 13.8 Å². The minimum atomic E-state index is -1.16. The monoisotopic (exact) mass is 244 g/mol. The highest BCUT2D eigenvalue weighted by molar-refractivity contribution is 5.88. The van der Waals surface area contributed by atoms with E-state index < -0.39 is 18.1 Å². The summed E-state index contributed by atoms with van der Waals surface area (Å²) in [5, 5.41) is 11.3. The molecule has 0 aliphatic carbocycles. The molecular formula is C10H16N2O5. The van der Waals surface area contributed by atoms with E-state index in [1.165, 1.54) is 0 Å². The van der Waals surface area contributed by atoms with Crippen LogP contribution in [-0.4, -0.2) is 53.7 Å². The number of ether oxygens (including phenoxy) is 1. The van der Waals surface area contributed by atoms with Gasteiger partial charge in [-0.3, -0.25) is 9.69 Å². The Morgan fingerprint density at radius 2 is 2.24 bits per heavy atom. The zero-order valence-corrected chi connectivity index (χ0v) is 9.80. The molecule has 0 aromatic rings. The van der Waals surface area contributed by atoms with E-state index >= 15 is 0 Å². The number of carbonyl (C=O) groups excluding carboxylic acids is 2. The van der Waals surface area contributed by atoms with Crippen LogP contribution in [-0.2, 0) is 14.3 Å². The van der Waals surface area contributed by atoms with Gasteiger partial charge in [0.05, 0.1) is 6.61 Å². The highest BCUT2D eigenvalue weighted by atomic mass is 16.6. The number of carboxylic acid groups (broad SMARTS) is 1. The third-order valence-electron chi connectivity index (χ3n) is 2.24. The smallest absolute Gasteiger partial charge is 0.411 e.